The second-order valence-electron chi connectivity index (χ2n) is 4.77. The lowest BCUT2D eigenvalue weighted by molar-refractivity contribution is 0.102. The van der Waals surface area contributed by atoms with Crippen molar-refractivity contribution in [2.45, 2.75) is 37.7 Å². The van der Waals surface area contributed by atoms with Gasteiger partial charge in [-0.25, -0.2) is 13.1 Å². The van der Waals surface area contributed by atoms with E-state index >= 15 is 0 Å². The van der Waals surface area contributed by atoms with Crippen LogP contribution in [0.3, 0.4) is 0 Å². The molecule has 1 heterocycles. The molecule has 1 aliphatic rings. The van der Waals surface area contributed by atoms with Crippen molar-refractivity contribution >= 4 is 10.0 Å². The summed E-state index contributed by atoms with van der Waals surface area (Å²) < 4.78 is 30.8. The SMILES string of the molecule is CO[C@H]1CNCC1NS(=O)(=O)C(C)(C)C. The molecule has 0 saturated carbocycles. The molecule has 0 aromatic carbocycles. The van der Waals surface area contributed by atoms with E-state index in [1.807, 2.05) is 0 Å². The summed E-state index contributed by atoms with van der Waals surface area (Å²) in [5.41, 5.74) is 0. The predicted molar refractivity (Wildman–Crippen MR) is 59.3 cm³/mol. The Morgan fingerprint density at radius 3 is 2.40 bits per heavy atom. The van der Waals surface area contributed by atoms with Gasteiger partial charge < -0.3 is 10.1 Å². The van der Waals surface area contributed by atoms with Crippen molar-refractivity contribution in [3.63, 3.8) is 0 Å². The Hall–Kier alpha value is -0.170. The van der Waals surface area contributed by atoms with Gasteiger partial charge in [0.1, 0.15) is 0 Å². The summed E-state index contributed by atoms with van der Waals surface area (Å²) in [6.07, 6.45) is -0.0814. The molecular weight excluding hydrogens is 216 g/mol. The highest BCUT2D eigenvalue weighted by atomic mass is 32.2. The lowest BCUT2D eigenvalue weighted by Gasteiger charge is -2.25. The summed E-state index contributed by atoms with van der Waals surface area (Å²) in [5, 5.41) is 3.10. The maximum atomic E-state index is 11.9. The first kappa shape index (κ1) is 12.9. The first-order valence-corrected chi connectivity index (χ1v) is 6.51. The number of hydrogen-bond acceptors (Lipinski definition) is 4. The smallest absolute Gasteiger partial charge is 0.216 e. The highest BCUT2D eigenvalue weighted by Gasteiger charge is 2.36. The van der Waals surface area contributed by atoms with Crippen LogP contribution in [-0.4, -0.2) is 45.5 Å². The molecule has 1 unspecified atom stereocenters. The fourth-order valence-electron chi connectivity index (χ4n) is 1.40. The van der Waals surface area contributed by atoms with Crippen LogP contribution >= 0.6 is 0 Å². The van der Waals surface area contributed by atoms with Gasteiger partial charge in [-0.2, -0.15) is 0 Å². The van der Waals surface area contributed by atoms with Crippen LogP contribution < -0.4 is 10.0 Å². The monoisotopic (exact) mass is 236 g/mol. The van der Waals surface area contributed by atoms with Crippen LogP contribution in [0.25, 0.3) is 0 Å². The van der Waals surface area contributed by atoms with Crippen LogP contribution in [0.2, 0.25) is 0 Å². The van der Waals surface area contributed by atoms with Gasteiger partial charge in [0.25, 0.3) is 0 Å². The number of sulfonamides is 1. The molecule has 0 amide bonds. The minimum atomic E-state index is -3.29. The van der Waals surface area contributed by atoms with Crippen molar-refractivity contribution in [2.24, 2.45) is 0 Å². The number of methoxy groups -OCH3 is 1. The summed E-state index contributed by atoms with van der Waals surface area (Å²) in [6.45, 7) is 6.35. The molecule has 1 rings (SSSR count). The second kappa shape index (κ2) is 4.37. The topological polar surface area (TPSA) is 67.4 Å². The number of hydrogen-bond donors (Lipinski definition) is 2. The fourth-order valence-corrected chi connectivity index (χ4v) is 2.38. The molecule has 0 aliphatic carbocycles. The van der Waals surface area contributed by atoms with Gasteiger partial charge in [-0.05, 0) is 20.8 Å². The van der Waals surface area contributed by atoms with Crippen molar-refractivity contribution in [3.8, 4) is 0 Å². The summed E-state index contributed by atoms with van der Waals surface area (Å²) in [7, 11) is -1.70. The Balaban J connectivity index is 2.70. The van der Waals surface area contributed by atoms with E-state index < -0.39 is 14.8 Å². The largest absolute Gasteiger partial charge is 0.378 e. The lowest BCUT2D eigenvalue weighted by atomic mass is 10.2. The Kier molecular flexibility index (Phi) is 3.76. The quantitative estimate of drug-likeness (QED) is 0.705. The molecule has 2 atom stereocenters. The first-order valence-electron chi connectivity index (χ1n) is 5.03. The highest BCUT2D eigenvalue weighted by Crippen LogP contribution is 2.15. The average molecular weight is 236 g/mol. The van der Waals surface area contributed by atoms with E-state index in [1.54, 1.807) is 27.9 Å². The number of nitrogens with one attached hydrogen (secondary N) is 2. The average Bonchev–Trinajstić information content (AvgIpc) is 2.48. The van der Waals surface area contributed by atoms with Crippen LogP contribution in [0.4, 0.5) is 0 Å². The van der Waals surface area contributed by atoms with Gasteiger partial charge in [-0.15, -0.1) is 0 Å². The second-order valence-corrected chi connectivity index (χ2v) is 7.24. The van der Waals surface area contributed by atoms with E-state index in [0.29, 0.717) is 13.1 Å². The molecule has 0 aromatic rings. The summed E-state index contributed by atoms with van der Waals surface area (Å²) in [5.74, 6) is 0. The summed E-state index contributed by atoms with van der Waals surface area (Å²) in [6, 6.07) is -0.167. The lowest BCUT2D eigenvalue weighted by Crippen LogP contribution is -2.49. The van der Waals surface area contributed by atoms with Crippen molar-refractivity contribution in [3.05, 3.63) is 0 Å². The molecule has 0 radical (unpaired) electrons. The Bertz CT molecular complexity index is 308. The molecule has 6 heteroatoms. The minimum Gasteiger partial charge on any atom is -0.378 e. The Morgan fingerprint density at radius 1 is 1.33 bits per heavy atom. The van der Waals surface area contributed by atoms with Crippen LogP contribution in [0.5, 0.6) is 0 Å². The van der Waals surface area contributed by atoms with Crippen molar-refractivity contribution < 1.29 is 13.2 Å². The molecule has 90 valence electrons. The maximum Gasteiger partial charge on any atom is 0.216 e. The molecule has 2 N–H and O–H groups in total. The van der Waals surface area contributed by atoms with Gasteiger partial charge in [0.2, 0.25) is 10.0 Å². The summed E-state index contributed by atoms with van der Waals surface area (Å²) >= 11 is 0. The maximum absolute atomic E-state index is 11.9. The fraction of sp³-hybridized carbons (Fsp3) is 1.00. The van der Waals surface area contributed by atoms with Crippen molar-refractivity contribution in [2.75, 3.05) is 20.2 Å². The van der Waals surface area contributed by atoms with E-state index in [9.17, 15) is 8.42 Å². The number of rotatable bonds is 3. The van der Waals surface area contributed by atoms with Crippen LogP contribution in [0.1, 0.15) is 20.8 Å². The van der Waals surface area contributed by atoms with Gasteiger partial charge in [0.15, 0.2) is 0 Å². The molecular formula is C9H20N2O3S. The van der Waals surface area contributed by atoms with Crippen molar-refractivity contribution in [1.29, 1.82) is 0 Å². The van der Waals surface area contributed by atoms with Crippen molar-refractivity contribution in [1.82, 2.24) is 10.0 Å². The van der Waals surface area contributed by atoms with Gasteiger partial charge in [0, 0.05) is 20.2 Å². The van der Waals surface area contributed by atoms with Crippen LogP contribution in [-0.2, 0) is 14.8 Å². The van der Waals surface area contributed by atoms with Gasteiger partial charge in [-0.3, -0.25) is 0 Å². The third-order valence-electron chi connectivity index (χ3n) is 2.57. The minimum absolute atomic E-state index is 0.0814. The predicted octanol–water partition coefficient (Wildman–Crippen LogP) is -0.309. The van der Waals surface area contributed by atoms with E-state index in [4.69, 9.17) is 4.74 Å². The Labute approximate surface area is 91.6 Å². The summed E-state index contributed by atoms with van der Waals surface area (Å²) in [4.78, 5) is 0. The molecule has 0 spiro atoms. The zero-order valence-electron chi connectivity index (χ0n) is 9.70. The standard InChI is InChI=1S/C9H20N2O3S/c1-9(2,3)15(12,13)11-7-5-10-6-8(7)14-4/h7-8,10-11H,5-6H2,1-4H3/t7?,8-/m0/s1. The highest BCUT2D eigenvalue weighted by molar-refractivity contribution is 7.90. The molecule has 0 aromatic heterocycles. The number of ether oxygens (including phenoxy) is 1. The zero-order chi connectivity index (χ0) is 11.7. The van der Waals surface area contributed by atoms with Gasteiger partial charge in [0.05, 0.1) is 16.9 Å². The third kappa shape index (κ3) is 2.90. The van der Waals surface area contributed by atoms with E-state index in [0.717, 1.165) is 0 Å². The van der Waals surface area contributed by atoms with Gasteiger partial charge >= 0.3 is 0 Å². The molecule has 5 nitrogen and oxygen atoms in total. The van der Waals surface area contributed by atoms with Crippen LogP contribution in [0.15, 0.2) is 0 Å². The molecule has 1 aliphatic heterocycles. The molecule has 15 heavy (non-hydrogen) atoms. The van der Waals surface area contributed by atoms with E-state index in [-0.39, 0.29) is 12.1 Å². The van der Waals surface area contributed by atoms with Crippen LogP contribution in [0, 0.1) is 0 Å². The molecule has 0 bridgehead atoms. The normalized spacial score (nSPS) is 28.3. The first-order chi connectivity index (χ1) is 6.78. The third-order valence-corrected chi connectivity index (χ3v) is 4.80. The molecule has 1 fully saturated rings. The van der Waals surface area contributed by atoms with E-state index in [2.05, 4.69) is 10.0 Å². The zero-order valence-corrected chi connectivity index (χ0v) is 10.5. The van der Waals surface area contributed by atoms with E-state index in [1.165, 1.54) is 0 Å². The van der Waals surface area contributed by atoms with Gasteiger partial charge in [-0.1, -0.05) is 0 Å². The molecule has 1 saturated heterocycles. The Morgan fingerprint density at radius 2 is 1.93 bits per heavy atom.